The van der Waals surface area contributed by atoms with Crippen molar-refractivity contribution in [1.82, 2.24) is 15.0 Å². The average molecular weight is 487 g/mol. The van der Waals surface area contributed by atoms with E-state index < -0.39 is 5.63 Å². The van der Waals surface area contributed by atoms with Crippen LogP contribution in [0.5, 0.6) is 0 Å². The van der Waals surface area contributed by atoms with Crippen LogP contribution in [0.4, 0.5) is 5.69 Å². The van der Waals surface area contributed by atoms with Crippen molar-refractivity contribution in [3.05, 3.63) is 118 Å². The average Bonchev–Trinajstić information content (AvgIpc) is 3.31. The molecule has 0 aliphatic carbocycles. The van der Waals surface area contributed by atoms with Crippen LogP contribution in [0.1, 0.15) is 21.5 Å². The zero-order valence-electron chi connectivity index (χ0n) is 20.2. The second-order valence-electron chi connectivity index (χ2n) is 9.00. The molecule has 0 spiro atoms. The van der Waals surface area contributed by atoms with Gasteiger partial charge in [-0.1, -0.05) is 48.0 Å². The van der Waals surface area contributed by atoms with Gasteiger partial charge in [0.25, 0.3) is 5.91 Å². The normalized spacial score (nSPS) is 11.2. The highest BCUT2D eigenvalue weighted by atomic mass is 16.4. The van der Waals surface area contributed by atoms with Gasteiger partial charge in [0.15, 0.2) is 0 Å². The van der Waals surface area contributed by atoms with Crippen molar-refractivity contribution < 1.29 is 9.21 Å². The molecule has 0 atom stereocenters. The van der Waals surface area contributed by atoms with Crippen molar-refractivity contribution in [3.63, 3.8) is 0 Å². The van der Waals surface area contributed by atoms with Crippen LogP contribution in [0.2, 0.25) is 0 Å². The van der Waals surface area contributed by atoms with Gasteiger partial charge in [0, 0.05) is 16.6 Å². The SMILES string of the molecule is Cc1ccc(-n2nc3cc(C)c(NC(=O)c4cccc(-c5cc6ccccc6oc5=O)c4)cc3n2)cc1. The second-order valence-corrected chi connectivity index (χ2v) is 9.00. The highest BCUT2D eigenvalue weighted by molar-refractivity contribution is 6.06. The summed E-state index contributed by atoms with van der Waals surface area (Å²) in [7, 11) is 0. The van der Waals surface area contributed by atoms with Gasteiger partial charge in [-0.3, -0.25) is 4.79 Å². The van der Waals surface area contributed by atoms with Crippen LogP contribution in [0.3, 0.4) is 0 Å². The summed E-state index contributed by atoms with van der Waals surface area (Å²) in [5, 5.41) is 13.0. The minimum absolute atomic E-state index is 0.291. The molecule has 4 aromatic carbocycles. The van der Waals surface area contributed by atoms with Crippen molar-refractivity contribution in [2.45, 2.75) is 13.8 Å². The Morgan fingerprint density at radius 1 is 0.838 bits per heavy atom. The Labute approximate surface area is 212 Å². The van der Waals surface area contributed by atoms with Gasteiger partial charge >= 0.3 is 5.63 Å². The van der Waals surface area contributed by atoms with Crippen LogP contribution >= 0.6 is 0 Å². The lowest BCUT2D eigenvalue weighted by atomic mass is 10.0. The van der Waals surface area contributed by atoms with Gasteiger partial charge in [0.05, 0.1) is 11.3 Å². The van der Waals surface area contributed by atoms with Crippen molar-refractivity contribution in [2.75, 3.05) is 5.32 Å². The number of amides is 1. The number of hydrogen-bond acceptors (Lipinski definition) is 5. The first kappa shape index (κ1) is 22.4. The number of hydrogen-bond donors (Lipinski definition) is 1. The van der Waals surface area contributed by atoms with Crippen LogP contribution < -0.4 is 10.9 Å². The minimum atomic E-state index is -0.450. The summed E-state index contributed by atoms with van der Waals surface area (Å²) in [5.41, 5.74) is 6.45. The molecule has 37 heavy (non-hydrogen) atoms. The van der Waals surface area contributed by atoms with Crippen molar-refractivity contribution in [1.29, 1.82) is 0 Å². The van der Waals surface area contributed by atoms with Crippen molar-refractivity contribution in [3.8, 4) is 16.8 Å². The molecular formula is C30H22N4O3. The maximum absolute atomic E-state index is 13.2. The largest absolute Gasteiger partial charge is 0.422 e. The summed E-state index contributed by atoms with van der Waals surface area (Å²) in [5.74, 6) is -0.291. The van der Waals surface area contributed by atoms with Gasteiger partial charge in [-0.15, -0.1) is 10.2 Å². The molecule has 0 saturated heterocycles. The Hall–Kier alpha value is -5.04. The fraction of sp³-hybridized carbons (Fsp3) is 0.0667. The van der Waals surface area contributed by atoms with Crippen LogP contribution in [0.15, 0.2) is 100 Å². The molecule has 0 aliphatic rings. The molecule has 180 valence electrons. The number of carbonyl (C=O) groups is 1. The van der Waals surface area contributed by atoms with Crippen LogP contribution in [-0.2, 0) is 0 Å². The topological polar surface area (TPSA) is 90.0 Å². The minimum Gasteiger partial charge on any atom is -0.422 e. The van der Waals surface area contributed by atoms with E-state index in [1.54, 1.807) is 41.2 Å². The first-order chi connectivity index (χ1) is 17.9. The fourth-order valence-corrected chi connectivity index (χ4v) is 4.28. The molecule has 2 heterocycles. The summed E-state index contributed by atoms with van der Waals surface area (Å²) >= 11 is 0. The Morgan fingerprint density at radius 3 is 2.41 bits per heavy atom. The number of nitrogens with one attached hydrogen (secondary N) is 1. The summed E-state index contributed by atoms with van der Waals surface area (Å²) in [4.78, 5) is 27.4. The number of aryl methyl sites for hydroxylation is 2. The van der Waals surface area contributed by atoms with E-state index in [9.17, 15) is 9.59 Å². The van der Waals surface area contributed by atoms with Crippen molar-refractivity contribution >= 4 is 33.6 Å². The maximum Gasteiger partial charge on any atom is 0.344 e. The first-order valence-electron chi connectivity index (χ1n) is 11.8. The van der Waals surface area contributed by atoms with Gasteiger partial charge in [0.2, 0.25) is 0 Å². The Bertz CT molecular complexity index is 1870. The molecule has 6 rings (SSSR count). The van der Waals surface area contributed by atoms with E-state index in [0.717, 1.165) is 27.7 Å². The third kappa shape index (κ3) is 4.27. The highest BCUT2D eigenvalue weighted by Gasteiger charge is 2.14. The molecule has 1 amide bonds. The molecular weight excluding hydrogens is 464 g/mol. The molecule has 2 aromatic heterocycles. The number of aromatic nitrogens is 3. The number of rotatable bonds is 4. The molecule has 0 saturated carbocycles. The van der Waals surface area contributed by atoms with E-state index in [1.165, 1.54) is 0 Å². The molecule has 0 fully saturated rings. The molecule has 0 aliphatic heterocycles. The number of carbonyl (C=O) groups excluding carboxylic acids is 1. The second kappa shape index (κ2) is 8.87. The lowest BCUT2D eigenvalue weighted by molar-refractivity contribution is 0.102. The number of benzene rings is 4. The van der Waals surface area contributed by atoms with Gasteiger partial charge in [0.1, 0.15) is 16.6 Å². The molecule has 0 radical (unpaired) electrons. The highest BCUT2D eigenvalue weighted by Crippen LogP contribution is 2.25. The van der Waals surface area contributed by atoms with E-state index in [1.807, 2.05) is 68.4 Å². The number of nitrogens with zero attached hydrogens (tertiary/aromatic N) is 3. The van der Waals surface area contributed by atoms with Gasteiger partial charge < -0.3 is 9.73 Å². The molecule has 0 unspecified atom stereocenters. The third-order valence-corrected chi connectivity index (χ3v) is 6.32. The standard InChI is InChI=1S/C30H22N4O3/c1-18-10-12-23(13-11-18)34-32-26-14-19(2)25(17-27(26)33-34)31-29(35)22-8-5-7-20(15-22)24-16-21-6-3-4-9-28(21)37-30(24)36/h3-17H,1-2H3,(H,31,35). The predicted molar refractivity (Wildman–Crippen MR) is 144 cm³/mol. The quantitative estimate of drug-likeness (QED) is 0.306. The summed E-state index contributed by atoms with van der Waals surface area (Å²) in [6.45, 7) is 3.94. The van der Waals surface area contributed by atoms with Gasteiger partial charge in [-0.25, -0.2) is 4.79 Å². The molecule has 7 nitrogen and oxygen atoms in total. The number of para-hydroxylation sites is 1. The molecule has 7 heteroatoms. The van der Waals surface area contributed by atoms with Crippen molar-refractivity contribution in [2.24, 2.45) is 0 Å². The van der Waals surface area contributed by atoms with E-state index in [0.29, 0.717) is 33.5 Å². The lowest BCUT2D eigenvalue weighted by Crippen LogP contribution is -2.13. The summed E-state index contributed by atoms with van der Waals surface area (Å²) in [6, 6.07) is 27.7. The summed E-state index contributed by atoms with van der Waals surface area (Å²) < 4.78 is 5.47. The predicted octanol–water partition coefficient (Wildman–Crippen LogP) is 6.06. The molecule has 0 bridgehead atoms. The number of anilines is 1. The van der Waals surface area contributed by atoms with Crippen LogP contribution in [0, 0.1) is 13.8 Å². The zero-order valence-corrected chi connectivity index (χ0v) is 20.2. The molecule has 1 N–H and O–H groups in total. The Balaban J connectivity index is 1.30. The fourth-order valence-electron chi connectivity index (χ4n) is 4.28. The molecule has 6 aromatic rings. The first-order valence-corrected chi connectivity index (χ1v) is 11.8. The third-order valence-electron chi connectivity index (χ3n) is 6.32. The van der Waals surface area contributed by atoms with E-state index >= 15 is 0 Å². The summed E-state index contributed by atoms with van der Waals surface area (Å²) in [6.07, 6.45) is 0. The zero-order chi connectivity index (χ0) is 25.5. The monoisotopic (exact) mass is 486 g/mol. The Kier molecular flexibility index (Phi) is 5.38. The van der Waals surface area contributed by atoms with E-state index in [2.05, 4.69) is 15.5 Å². The van der Waals surface area contributed by atoms with Crippen LogP contribution in [-0.4, -0.2) is 20.9 Å². The Morgan fingerprint density at radius 2 is 1.59 bits per heavy atom. The van der Waals surface area contributed by atoms with E-state index in [4.69, 9.17) is 4.42 Å². The maximum atomic E-state index is 13.2. The van der Waals surface area contributed by atoms with Crippen LogP contribution in [0.25, 0.3) is 38.8 Å². The van der Waals surface area contributed by atoms with E-state index in [-0.39, 0.29) is 5.91 Å². The van der Waals surface area contributed by atoms with Gasteiger partial charge in [-0.2, -0.15) is 4.80 Å². The smallest absolute Gasteiger partial charge is 0.344 e. The lowest BCUT2D eigenvalue weighted by Gasteiger charge is -2.09. The number of fused-ring (bicyclic) bond motifs is 2. The van der Waals surface area contributed by atoms with Gasteiger partial charge in [-0.05, 0) is 73.5 Å².